The molecule has 0 saturated carbocycles. The van der Waals surface area contributed by atoms with Gasteiger partial charge in [-0.1, -0.05) is 0 Å². The van der Waals surface area contributed by atoms with Crippen molar-refractivity contribution in [3.8, 4) is 0 Å². The number of H-pyrrole nitrogens is 1. The Morgan fingerprint density at radius 3 is 2.91 bits per heavy atom. The second-order valence-corrected chi connectivity index (χ2v) is 6.19. The summed E-state index contributed by atoms with van der Waals surface area (Å²) < 4.78 is 13.0. The molecule has 3 N–H and O–H groups in total. The number of nitrogens with one attached hydrogen (secondary N) is 1. The van der Waals surface area contributed by atoms with E-state index in [2.05, 4.69) is 4.98 Å². The molecule has 2 aliphatic heterocycles. The van der Waals surface area contributed by atoms with Crippen LogP contribution in [0.3, 0.4) is 0 Å². The van der Waals surface area contributed by atoms with Crippen molar-refractivity contribution in [1.82, 2.24) is 9.55 Å². The van der Waals surface area contributed by atoms with Crippen molar-refractivity contribution in [1.29, 1.82) is 0 Å². The van der Waals surface area contributed by atoms with Crippen molar-refractivity contribution < 1.29 is 19.7 Å². The SMILES string of the molecule is Cc1cn([C@@H]2C3CCCCOC2C(O)[C@@H](CO)O3)c(=O)[nH]c1=O. The minimum Gasteiger partial charge on any atom is -0.394 e. The molecule has 0 spiro atoms. The fourth-order valence-electron chi connectivity index (χ4n) is 3.41. The summed E-state index contributed by atoms with van der Waals surface area (Å²) in [5.41, 5.74) is -0.584. The third kappa shape index (κ3) is 2.99. The zero-order valence-electron chi connectivity index (χ0n) is 13.0. The maximum absolute atomic E-state index is 12.2. The number of ether oxygens (including phenoxy) is 2. The van der Waals surface area contributed by atoms with Crippen LogP contribution in [0.4, 0.5) is 0 Å². The van der Waals surface area contributed by atoms with Gasteiger partial charge >= 0.3 is 5.69 Å². The molecule has 2 saturated heterocycles. The average Bonchev–Trinajstić information content (AvgIpc) is 2.51. The van der Waals surface area contributed by atoms with Crippen molar-refractivity contribution in [3.05, 3.63) is 32.6 Å². The van der Waals surface area contributed by atoms with E-state index in [-0.39, 0.29) is 12.7 Å². The number of aromatic amines is 1. The van der Waals surface area contributed by atoms with Gasteiger partial charge in [0.05, 0.1) is 18.8 Å². The van der Waals surface area contributed by atoms with Gasteiger partial charge in [0.25, 0.3) is 5.56 Å². The molecule has 3 heterocycles. The molecule has 8 nitrogen and oxygen atoms in total. The van der Waals surface area contributed by atoms with Crippen LogP contribution in [0.5, 0.6) is 0 Å². The van der Waals surface area contributed by atoms with Crippen LogP contribution >= 0.6 is 0 Å². The second-order valence-electron chi connectivity index (χ2n) is 6.19. The fourth-order valence-corrected chi connectivity index (χ4v) is 3.41. The molecule has 0 aromatic carbocycles. The molecule has 0 radical (unpaired) electrons. The van der Waals surface area contributed by atoms with E-state index in [0.29, 0.717) is 18.6 Å². The lowest BCUT2D eigenvalue weighted by molar-refractivity contribution is -0.224. The van der Waals surface area contributed by atoms with Crippen LogP contribution in [0.1, 0.15) is 30.9 Å². The van der Waals surface area contributed by atoms with Gasteiger partial charge in [-0.3, -0.25) is 14.3 Å². The van der Waals surface area contributed by atoms with Crippen molar-refractivity contribution in [2.24, 2.45) is 0 Å². The van der Waals surface area contributed by atoms with Crippen LogP contribution in [0, 0.1) is 6.92 Å². The first kappa shape index (κ1) is 16.4. The predicted octanol–water partition coefficient (Wildman–Crippen LogP) is -0.924. The summed E-state index contributed by atoms with van der Waals surface area (Å²) in [4.78, 5) is 26.1. The maximum Gasteiger partial charge on any atom is 0.328 e. The van der Waals surface area contributed by atoms with Crippen molar-refractivity contribution in [2.45, 2.75) is 56.6 Å². The molecule has 2 fully saturated rings. The molecule has 1 aromatic heterocycles. The first-order valence-electron chi connectivity index (χ1n) is 7.91. The largest absolute Gasteiger partial charge is 0.394 e. The van der Waals surface area contributed by atoms with Crippen LogP contribution in [-0.4, -0.2) is 57.4 Å². The normalized spacial score (nSPS) is 34.7. The average molecular weight is 326 g/mol. The van der Waals surface area contributed by atoms with E-state index in [9.17, 15) is 19.8 Å². The van der Waals surface area contributed by atoms with Crippen molar-refractivity contribution in [3.63, 3.8) is 0 Å². The second kappa shape index (κ2) is 6.56. The number of nitrogens with zero attached hydrogens (tertiary/aromatic N) is 1. The third-order valence-corrected chi connectivity index (χ3v) is 4.62. The molecule has 23 heavy (non-hydrogen) atoms. The highest BCUT2D eigenvalue weighted by Gasteiger charge is 2.47. The highest BCUT2D eigenvalue weighted by atomic mass is 16.6. The molecule has 2 bridgehead atoms. The molecule has 0 amide bonds. The van der Waals surface area contributed by atoms with Gasteiger partial charge < -0.3 is 19.7 Å². The fraction of sp³-hybridized carbons (Fsp3) is 0.733. The molecule has 2 aliphatic rings. The van der Waals surface area contributed by atoms with E-state index >= 15 is 0 Å². The lowest BCUT2D eigenvalue weighted by Gasteiger charge is -2.46. The van der Waals surface area contributed by atoms with Crippen molar-refractivity contribution >= 4 is 0 Å². The number of fused-ring (bicyclic) bond motifs is 2. The molecule has 3 unspecified atom stereocenters. The number of aliphatic hydroxyl groups is 2. The summed E-state index contributed by atoms with van der Waals surface area (Å²) in [5.74, 6) is 0. The van der Waals surface area contributed by atoms with Gasteiger partial charge in [0.1, 0.15) is 18.3 Å². The first-order valence-corrected chi connectivity index (χ1v) is 7.91. The maximum atomic E-state index is 12.2. The lowest BCUT2D eigenvalue weighted by Crippen LogP contribution is -2.59. The summed E-state index contributed by atoms with van der Waals surface area (Å²) >= 11 is 0. The third-order valence-electron chi connectivity index (χ3n) is 4.62. The van der Waals surface area contributed by atoms with Gasteiger partial charge in [-0.15, -0.1) is 0 Å². The molecule has 3 rings (SSSR count). The van der Waals surface area contributed by atoms with E-state index < -0.39 is 35.6 Å². The monoisotopic (exact) mass is 326 g/mol. The Kier molecular flexibility index (Phi) is 4.67. The van der Waals surface area contributed by atoms with E-state index in [0.717, 1.165) is 12.8 Å². The highest BCUT2D eigenvalue weighted by molar-refractivity contribution is 5.05. The Morgan fingerprint density at radius 1 is 1.39 bits per heavy atom. The van der Waals surface area contributed by atoms with E-state index in [1.165, 1.54) is 10.8 Å². The van der Waals surface area contributed by atoms with Gasteiger partial charge in [0.2, 0.25) is 0 Å². The summed E-state index contributed by atoms with van der Waals surface area (Å²) in [5, 5.41) is 19.9. The Hall–Kier alpha value is -1.48. The summed E-state index contributed by atoms with van der Waals surface area (Å²) in [7, 11) is 0. The van der Waals surface area contributed by atoms with E-state index in [1.54, 1.807) is 6.92 Å². The summed E-state index contributed by atoms with van der Waals surface area (Å²) in [6.45, 7) is 1.77. The summed E-state index contributed by atoms with van der Waals surface area (Å²) in [6, 6.07) is -0.545. The van der Waals surface area contributed by atoms with Gasteiger partial charge in [-0.25, -0.2) is 4.79 Å². The Balaban J connectivity index is 2.06. The lowest BCUT2D eigenvalue weighted by atomic mass is 9.88. The van der Waals surface area contributed by atoms with Crippen LogP contribution in [0.15, 0.2) is 15.8 Å². The Morgan fingerprint density at radius 2 is 2.17 bits per heavy atom. The summed E-state index contributed by atoms with van der Waals surface area (Å²) in [6.07, 6.45) is 1.05. The molecular weight excluding hydrogens is 304 g/mol. The number of rotatable bonds is 2. The predicted molar refractivity (Wildman–Crippen MR) is 80.4 cm³/mol. The Labute approximate surface area is 132 Å². The quantitative estimate of drug-likeness (QED) is 0.647. The van der Waals surface area contributed by atoms with Crippen LogP contribution in [-0.2, 0) is 9.47 Å². The standard InChI is InChI=1S/C15H22N2O6/c1-8-6-17(15(21)16-14(8)20)11-9-4-2-3-5-22-13(11)12(19)10(7-18)23-9/h6,9-13,18-19H,2-5,7H2,1H3,(H,16,20,21)/t9?,10-,11-,12?,13?/m1/s1. The number of aliphatic hydroxyl groups excluding tert-OH is 2. The van der Waals surface area contributed by atoms with Gasteiger partial charge in [0, 0.05) is 18.4 Å². The zero-order valence-corrected chi connectivity index (χ0v) is 13.0. The molecular formula is C15H22N2O6. The highest BCUT2D eigenvalue weighted by Crippen LogP contribution is 2.35. The van der Waals surface area contributed by atoms with E-state index in [1.807, 2.05) is 0 Å². The number of aryl methyl sites for hydroxylation is 1. The molecule has 5 atom stereocenters. The first-order chi connectivity index (χ1) is 11.0. The molecule has 1 aromatic rings. The number of hydrogen-bond donors (Lipinski definition) is 3. The topological polar surface area (TPSA) is 114 Å². The number of hydrogen-bond acceptors (Lipinski definition) is 6. The Bertz CT molecular complexity index is 669. The van der Waals surface area contributed by atoms with Crippen LogP contribution in [0.25, 0.3) is 0 Å². The van der Waals surface area contributed by atoms with Crippen LogP contribution in [0.2, 0.25) is 0 Å². The van der Waals surface area contributed by atoms with E-state index in [4.69, 9.17) is 9.47 Å². The van der Waals surface area contributed by atoms with Gasteiger partial charge in [-0.2, -0.15) is 0 Å². The number of aromatic nitrogens is 2. The van der Waals surface area contributed by atoms with Gasteiger partial charge in [-0.05, 0) is 26.2 Å². The van der Waals surface area contributed by atoms with Crippen LogP contribution < -0.4 is 11.2 Å². The molecule has 128 valence electrons. The molecule has 0 aliphatic carbocycles. The minimum atomic E-state index is -1.04. The molecule has 8 heteroatoms. The van der Waals surface area contributed by atoms with Crippen molar-refractivity contribution in [2.75, 3.05) is 13.2 Å². The minimum absolute atomic E-state index is 0.316. The smallest absolute Gasteiger partial charge is 0.328 e. The van der Waals surface area contributed by atoms with Gasteiger partial charge in [0.15, 0.2) is 0 Å². The zero-order chi connectivity index (χ0) is 16.6.